The molecule has 2 aromatic rings. The van der Waals surface area contributed by atoms with Crippen LogP contribution in [0.5, 0.6) is 11.5 Å². The molecule has 0 unspecified atom stereocenters. The molecule has 1 aromatic heterocycles. The fraction of sp³-hybridized carbons (Fsp3) is 0.455. The molecule has 3 rings (SSSR count). The molecule has 1 fully saturated rings. The largest absolute Gasteiger partial charge is 0.493 e. The number of benzene rings is 1. The van der Waals surface area contributed by atoms with Crippen LogP contribution in [0.2, 0.25) is 0 Å². The Balaban J connectivity index is 1.74. The van der Waals surface area contributed by atoms with Crippen molar-refractivity contribution in [3.05, 3.63) is 57.5 Å². The van der Waals surface area contributed by atoms with Crippen LogP contribution < -0.4 is 25.7 Å². The number of ether oxygens (including phenoxy) is 2. The highest BCUT2D eigenvalue weighted by molar-refractivity contribution is 5.95. The summed E-state index contributed by atoms with van der Waals surface area (Å²) in [6, 6.07) is 7.65. The van der Waals surface area contributed by atoms with Gasteiger partial charge in [0.15, 0.2) is 11.5 Å². The average molecular weight is 399 g/mol. The lowest BCUT2D eigenvalue weighted by Gasteiger charge is -2.24. The third-order valence-electron chi connectivity index (χ3n) is 5.36. The summed E-state index contributed by atoms with van der Waals surface area (Å²) in [5.41, 5.74) is 1.70. The van der Waals surface area contributed by atoms with Gasteiger partial charge in [-0.05, 0) is 68.6 Å². The van der Waals surface area contributed by atoms with Gasteiger partial charge in [0.1, 0.15) is 5.56 Å². The fourth-order valence-electron chi connectivity index (χ4n) is 3.63. The van der Waals surface area contributed by atoms with E-state index in [-0.39, 0.29) is 23.1 Å². The van der Waals surface area contributed by atoms with E-state index in [9.17, 15) is 9.59 Å². The number of amides is 1. The summed E-state index contributed by atoms with van der Waals surface area (Å²) in [6.07, 6.45) is 4.15. The molecule has 29 heavy (non-hydrogen) atoms. The molecule has 1 aliphatic heterocycles. The lowest BCUT2D eigenvalue weighted by molar-refractivity contribution is 0.0926. The van der Waals surface area contributed by atoms with Crippen LogP contribution in [0.25, 0.3) is 0 Å². The lowest BCUT2D eigenvalue weighted by Crippen LogP contribution is -2.44. The zero-order chi connectivity index (χ0) is 20.8. The lowest BCUT2D eigenvalue weighted by atomic mass is 10.1. The number of carbonyl (C=O) groups is 1. The highest BCUT2D eigenvalue weighted by atomic mass is 16.5. The quantitative estimate of drug-likeness (QED) is 0.743. The van der Waals surface area contributed by atoms with Crippen molar-refractivity contribution in [1.82, 2.24) is 15.2 Å². The van der Waals surface area contributed by atoms with Crippen molar-refractivity contribution in [2.24, 2.45) is 0 Å². The van der Waals surface area contributed by atoms with Gasteiger partial charge in [0.2, 0.25) is 0 Å². The van der Waals surface area contributed by atoms with Gasteiger partial charge in [0, 0.05) is 18.8 Å². The third kappa shape index (κ3) is 4.98. The number of aryl methyl sites for hydroxylation is 3. The van der Waals surface area contributed by atoms with Crippen LogP contribution in [0.3, 0.4) is 0 Å². The van der Waals surface area contributed by atoms with Crippen molar-refractivity contribution < 1.29 is 14.3 Å². The van der Waals surface area contributed by atoms with Crippen LogP contribution in [-0.2, 0) is 13.0 Å². The van der Waals surface area contributed by atoms with E-state index >= 15 is 0 Å². The van der Waals surface area contributed by atoms with E-state index in [4.69, 9.17) is 9.47 Å². The van der Waals surface area contributed by atoms with E-state index in [2.05, 4.69) is 10.6 Å². The molecule has 1 amide bonds. The summed E-state index contributed by atoms with van der Waals surface area (Å²) in [7, 11) is 3.19. The number of rotatable bonds is 7. The topological polar surface area (TPSA) is 81.6 Å². The van der Waals surface area contributed by atoms with Gasteiger partial charge in [-0.25, -0.2) is 0 Å². The molecule has 0 aliphatic carbocycles. The van der Waals surface area contributed by atoms with Crippen molar-refractivity contribution in [2.75, 3.05) is 27.3 Å². The molecule has 0 saturated carbocycles. The van der Waals surface area contributed by atoms with Gasteiger partial charge in [-0.15, -0.1) is 0 Å². The van der Waals surface area contributed by atoms with E-state index < -0.39 is 0 Å². The number of hydrogen-bond donors (Lipinski definition) is 2. The van der Waals surface area contributed by atoms with Crippen molar-refractivity contribution >= 4 is 5.91 Å². The molecule has 1 aliphatic rings. The van der Waals surface area contributed by atoms with Crippen molar-refractivity contribution in [3.8, 4) is 11.5 Å². The first-order chi connectivity index (χ1) is 14.0. The molecule has 156 valence electrons. The summed E-state index contributed by atoms with van der Waals surface area (Å²) in [4.78, 5) is 25.7. The Morgan fingerprint density at radius 3 is 2.59 bits per heavy atom. The Labute approximate surface area is 171 Å². The molecular formula is C22H29N3O4. The highest BCUT2D eigenvalue weighted by Gasteiger charge is 2.20. The number of pyridine rings is 1. The van der Waals surface area contributed by atoms with E-state index in [1.807, 2.05) is 24.3 Å². The van der Waals surface area contributed by atoms with E-state index in [1.54, 1.807) is 31.9 Å². The van der Waals surface area contributed by atoms with Crippen LogP contribution in [0.1, 0.15) is 34.3 Å². The number of nitrogens with one attached hydrogen (secondary N) is 2. The maximum atomic E-state index is 13.0. The summed E-state index contributed by atoms with van der Waals surface area (Å²) >= 11 is 0. The van der Waals surface area contributed by atoms with Crippen LogP contribution in [0.4, 0.5) is 0 Å². The normalized spacial score (nSPS) is 14.4. The van der Waals surface area contributed by atoms with Gasteiger partial charge >= 0.3 is 0 Å². The Morgan fingerprint density at radius 1 is 1.17 bits per heavy atom. The molecule has 1 saturated heterocycles. The van der Waals surface area contributed by atoms with Crippen molar-refractivity contribution in [1.29, 1.82) is 0 Å². The van der Waals surface area contributed by atoms with Gasteiger partial charge in [-0.2, -0.15) is 0 Å². The zero-order valence-electron chi connectivity index (χ0n) is 17.3. The van der Waals surface area contributed by atoms with Crippen molar-refractivity contribution in [3.63, 3.8) is 0 Å². The molecule has 0 bridgehead atoms. The molecule has 2 heterocycles. The van der Waals surface area contributed by atoms with Gasteiger partial charge < -0.3 is 24.7 Å². The Morgan fingerprint density at radius 2 is 1.90 bits per heavy atom. The second-order valence-corrected chi connectivity index (χ2v) is 7.31. The molecule has 7 nitrogen and oxygen atoms in total. The molecular weight excluding hydrogens is 370 g/mol. The van der Waals surface area contributed by atoms with Gasteiger partial charge in [0.25, 0.3) is 11.5 Å². The summed E-state index contributed by atoms with van der Waals surface area (Å²) < 4.78 is 12.2. The Hall–Kier alpha value is -2.80. The van der Waals surface area contributed by atoms with Crippen LogP contribution >= 0.6 is 0 Å². The molecule has 0 radical (unpaired) electrons. The van der Waals surface area contributed by atoms with Gasteiger partial charge in [-0.3, -0.25) is 9.59 Å². The molecule has 2 N–H and O–H groups in total. The smallest absolute Gasteiger partial charge is 0.263 e. The SMILES string of the molecule is COc1ccc(CCn2ccc(C)c(C(=O)NC3CCNCC3)c2=O)cc1OC. The number of nitrogens with zero attached hydrogens (tertiary/aromatic N) is 1. The minimum atomic E-state index is -0.278. The number of carbonyl (C=O) groups excluding carboxylic acids is 1. The first kappa shape index (κ1) is 20.9. The number of methoxy groups -OCH3 is 2. The summed E-state index contributed by atoms with van der Waals surface area (Å²) in [5.74, 6) is 1.05. The number of hydrogen-bond acceptors (Lipinski definition) is 5. The summed E-state index contributed by atoms with van der Waals surface area (Å²) in [5, 5.41) is 6.30. The molecule has 7 heteroatoms. The highest BCUT2D eigenvalue weighted by Crippen LogP contribution is 2.27. The Bertz CT molecular complexity index is 917. The van der Waals surface area contributed by atoms with Gasteiger partial charge in [-0.1, -0.05) is 6.07 Å². The van der Waals surface area contributed by atoms with Crippen molar-refractivity contribution in [2.45, 2.75) is 38.8 Å². The number of aromatic nitrogens is 1. The first-order valence-corrected chi connectivity index (χ1v) is 9.96. The second-order valence-electron chi connectivity index (χ2n) is 7.31. The zero-order valence-corrected chi connectivity index (χ0v) is 17.3. The predicted molar refractivity (Wildman–Crippen MR) is 112 cm³/mol. The van der Waals surface area contributed by atoms with Crippen LogP contribution in [-0.4, -0.2) is 43.8 Å². The third-order valence-corrected chi connectivity index (χ3v) is 5.36. The van der Waals surface area contributed by atoms with Crippen LogP contribution in [0, 0.1) is 6.92 Å². The van der Waals surface area contributed by atoms with E-state index in [0.717, 1.165) is 31.5 Å². The molecule has 0 atom stereocenters. The first-order valence-electron chi connectivity index (χ1n) is 9.96. The minimum absolute atomic E-state index is 0.114. The maximum absolute atomic E-state index is 13.0. The average Bonchev–Trinajstić information content (AvgIpc) is 2.73. The molecule has 0 spiro atoms. The Kier molecular flexibility index (Phi) is 6.93. The predicted octanol–water partition coefficient (Wildman–Crippen LogP) is 1.90. The van der Waals surface area contributed by atoms with Gasteiger partial charge in [0.05, 0.1) is 14.2 Å². The monoisotopic (exact) mass is 399 g/mol. The molecule has 1 aromatic carbocycles. The fourth-order valence-corrected chi connectivity index (χ4v) is 3.63. The summed E-state index contributed by atoms with van der Waals surface area (Å²) in [6.45, 7) is 4.04. The standard InChI is InChI=1S/C22H29N3O4/c1-15-8-12-25(13-9-16-4-5-18(28-2)19(14-16)29-3)22(27)20(15)21(26)24-17-6-10-23-11-7-17/h4-5,8,12,14,17,23H,6-7,9-11,13H2,1-3H3,(H,24,26). The van der Waals surface area contributed by atoms with E-state index in [0.29, 0.717) is 30.0 Å². The second kappa shape index (κ2) is 9.60. The van der Waals surface area contributed by atoms with Crippen LogP contribution in [0.15, 0.2) is 35.3 Å². The number of piperidine rings is 1. The minimum Gasteiger partial charge on any atom is -0.493 e. The maximum Gasteiger partial charge on any atom is 0.263 e. The van der Waals surface area contributed by atoms with E-state index in [1.165, 1.54) is 0 Å².